The lowest BCUT2D eigenvalue weighted by atomic mass is 10.0. The van der Waals surface area contributed by atoms with Crippen LogP contribution in [0.15, 0.2) is 65.1 Å². The number of hydrogen-bond acceptors (Lipinski definition) is 3. The van der Waals surface area contributed by atoms with Crippen LogP contribution in [0.25, 0.3) is 10.8 Å². The highest BCUT2D eigenvalue weighted by atomic mass is 79.9. The standard InChI is InChI=1S/C20H18BrNO3/c1-24-19-10-7-14-11-15(21)8-9-17(14)18(19)12-22-20(23)13-25-16-5-3-2-4-6-16/h2-11H,12-13H2,1H3,(H,22,23). The van der Waals surface area contributed by atoms with E-state index >= 15 is 0 Å². The van der Waals surface area contributed by atoms with Crippen molar-refractivity contribution in [1.29, 1.82) is 0 Å². The summed E-state index contributed by atoms with van der Waals surface area (Å²) in [6.07, 6.45) is 0. The summed E-state index contributed by atoms with van der Waals surface area (Å²) in [5, 5.41) is 5.03. The van der Waals surface area contributed by atoms with E-state index in [4.69, 9.17) is 9.47 Å². The Morgan fingerprint density at radius 3 is 2.64 bits per heavy atom. The number of amides is 1. The van der Waals surface area contributed by atoms with E-state index in [1.54, 1.807) is 7.11 Å². The molecule has 0 aliphatic carbocycles. The summed E-state index contributed by atoms with van der Waals surface area (Å²) in [4.78, 5) is 12.1. The summed E-state index contributed by atoms with van der Waals surface area (Å²) >= 11 is 3.48. The third-order valence-corrected chi connectivity index (χ3v) is 4.34. The quantitative estimate of drug-likeness (QED) is 0.671. The zero-order chi connectivity index (χ0) is 17.6. The lowest BCUT2D eigenvalue weighted by molar-refractivity contribution is -0.123. The van der Waals surface area contributed by atoms with Crippen LogP contribution in [0.5, 0.6) is 11.5 Å². The molecule has 0 aliphatic rings. The molecule has 1 amide bonds. The van der Waals surface area contributed by atoms with Gasteiger partial charge < -0.3 is 14.8 Å². The molecule has 0 aromatic heterocycles. The Bertz CT molecular complexity index is 881. The number of carbonyl (C=O) groups is 1. The fraction of sp³-hybridized carbons (Fsp3) is 0.150. The minimum absolute atomic E-state index is 0.0252. The number of benzene rings is 3. The maximum atomic E-state index is 12.1. The normalized spacial score (nSPS) is 10.5. The summed E-state index contributed by atoms with van der Waals surface area (Å²) in [6.45, 7) is 0.349. The van der Waals surface area contributed by atoms with Crippen molar-refractivity contribution in [3.8, 4) is 11.5 Å². The van der Waals surface area contributed by atoms with E-state index < -0.39 is 0 Å². The van der Waals surface area contributed by atoms with E-state index in [0.717, 1.165) is 26.6 Å². The van der Waals surface area contributed by atoms with Gasteiger partial charge in [-0.1, -0.05) is 46.3 Å². The smallest absolute Gasteiger partial charge is 0.258 e. The molecule has 0 heterocycles. The summed E-state index contributed by atoms with van der Waals surface area (Å²) in [5.74, 6) is 1.24. The van der Waals surface area contributed by atoms with Crippen LogP contribution in [0.4, 0.5) is 0 Å². The Hall–Kier alpha value is -2.53. The second-order valence-corrected chi connectivity index (χ2v) is 6.41. The van der Waals surface area contributed by atoms with E-state index in [9.17, 15) is 4.79 Å². The Balaban J connectivity index is 1.70. The predicted octanol–water partition coefficient (Wildman–Crippen LogP) is 4.31. The van der Waals surface area contributed by atoms with Gasteiger partial charge in [-0.2, -0.15) is 0 Å². The van der Waals surface area contributed by atoms with Gasteiger partial charge in [-0.3, -0.25) is 4.79 Å². The summed E-state index contributed by atoms with van der Waals surface area (Å²) in [5.41, 5.74) is 0.945. The number of halogens is 1. The third kappa shape index (κ3) is 4.31. The molecule has 128 valence electrons. The molecule has 1 N–H and O–H groups in total. The van der Waals surface area contributed by atoms with E-state index in [0.29, 0.717) is 12.3 Å². The van der Waals surface area contributed by atoms with Crippen molar-refractivity contribution in [3.63, 3.8) is 0 Å². The first-order valence-corrected chi connectivity index (χ1v) is 8.66. The molecule has 0 radical (unpaired) electrons. The van der Waals surface area contributed by atoms with Gasteiger partial charge in [0.05, 0.1) is 7.11 Å². The molecule has 25 heavy (non-hydrogen) atoms. The van der Waals surface area contributed by atoms with Crippen molar-refractivity contribution in [2.75, 3.05) is 13.7 Å². The first-order valence-electron chi connectivity index (χ1n) is 7.87. The summed E-state index contributed by atoms with van der Waals surface area (Å²) in [6, 6.07) is 19.2. The number of carbonyl (C=O) groups excluding carboxylic acids is 1. The van der Waals surface area contributed by atoms with E-state index in [2.05, 4.69) is 21.2 Å². The first-order chi connectivity index (χ1) is 12.2. The molecular weight excluding hydrogens is 382 g/mol. The SMILES string of the molecule is COc1ccc2cc(Br)ccc2c1CNC(=O)COc1ccccc1. The van der Waals surface area contributed by atoms with Crippen LogP contribution in [-0.4, -0.2) is 19.6 Å². The summed E-state index contributed by atoms with van der Waals surface area (Å²) < 4.78 is 11.9. The number of fused-ring (bicyclic) bond motifs is 1. The molecule has 3 aromatic carbocycles. The minimum Gasteiger partial charge on any atom is -0.496 e. The Kier molecular flexibility index (Phi) is 5.56. The highest BCUT2D eigenvalue weighted by Crippen LogP contribution is 2.29. The third-order valence-electron chi connectivity index (χ3n) is 3.85. The van der Waals surface area contributed by atoms with Gasteiger partial charge in [-0.15, -0.1) is 0 Å². The van der Waals surface area contributed by atoms with Crippen molar-refractivity contribution in [1.82, 2.24) is 5.32 Å². The minimum atomic E-state index is -0.181. The molecule has 0 spiro atoms. The molecule has 0 saturated heterocycles. The topological polar surface area (TPSA) is 47.6 Å². The van der Waals surface area contributed by atoms with Gasteiger partial charge in [0, 0.05) is 16.6 Å². The van der Waals surface area contributed by atoms with Crippen LogP contribution in [0.3, 0.4) is 0 Å². The molecule has 4 nitrogen and oxygen atoms in total. The molecule has 3 aromatic rings. The van der Waals surface area contributed by atoms with E-state index in [1.807, 2.05) is 60.7 Å². The van der Waals surface area contributed by atoms with Gasteiger partial charge in [0.1, 0.15) is 11.5 Å². The molecule has 0 aliphatic heterocycles. The Morgan fingerprint density at radius 2 is 1.88 bits per heavy atom. The second-order valence-electron chi connectivity index (χ2n) is 5.49. The highest BCUT2D eigenvalue weighted by Gasteiger charge is 2.11. The maximum Gasteiger partial charge on any atom is 0.258 e. The average molecular weight is 400 g/mol. The van der Waals surface area contributed by atoms with Gasteiger partial charge in [0.2, 0.25) is 0 Å². The fourth-order valence-electron chi connectivity index (χ4n) is 2.62. The van der Waals surface area contributed by atoms with E-state index in [1.165, 1.54) is 0 Å². The largest absolute Gasteiger partial charge is 0.496 e. The van der Waals surface area contributed by atoms with Crippen molar-refractivity contribution in [3.05, 3.63) is 70.7 Å². The molecule has 0 saturated carbocycles. The number of ether oxygens (including phenoxy) is 2. The van der Waals surface area contributed by atoms with Gasteiger partial charge in [-0.25, -0.2) is 0 Å². The van der Waals surface area contributed by atoms with Crippen LogP contribution in [0, 0.1) is 0 Å². The molecule has 0 atom stereocenters. The fourth-order valence-corrected chi connectivity index (χ4v) is 3.00. The van der Waals surface area contributed by atoms with Crippen molar-refractivity contribution in [2.24, 2.45) is 0 Å². The number of hydrogen-bond donors (Lipinski definition) is 1. The molecule has 0 bridgehead atoms. The Morgan fingerprint density at radius 1 is 1.08 bits per heavy atom. The predicted molar refractivity (Wildman–Crippen MR) is 102 cm³/mol. The number of nitrogens with one attached hydrogen (secondary N) is 1. The lowest BCUT2D eigenvalue weighted by Crippen LogP contribution is -2.28. The van der Waals surface area contributed by atoms with Gasteiger partial charge in [0.25, 0.3) is 5.91 Å². The monoisotopic (exact) mass is 399 g/mol. The average Bonchev–Trinajstić information content (AvgIpc) is 2.64. The van der Waals surface area contributed by atoms with Crippen molar-refractivity contribution < 1.29 is 14.3 Å². The summed E-state index contributed by atoms with van der Waals surface area (Å²) in [7, 11) is 1.63. The zero-order valence-electron chi connectivity index (χ0n) is 13.8. The molecule has 5 heteroatoms. The van der Waals surface area contributed by atoms with Crippen LogP contribution < -0.4 is 14.8 Å². The molecule has 0 fully saturated rings. The lowest BCUT2D eigenvalue weighted by Gasteiger charge is -2.13. The molecule has 3 rings (SSSR count). The highest BCUT2D eigenvalue weighted by molar-refractivity contribution is 9.10. The maximum absolute atomic E-state index is 12.1. The van der Waals surface area contributed by atoms with Gasteiger partial charge in [0.15, 0.2) is 6.61 Å². The molecule has 0 unspecified atom stereocenters. The second kappa shape index (κ2) is 8.03. The Labute approximate surface area is 154 Å². The van der Waals surface area contributed by atoms with Crippen LogP contribution >= 0.6 is 15.9 Å². The molecular formula is C20H18BrNO3. The zero-order valence-corrected chi connectivity index (χ0v) is 15.4. The van der Waals surface area contributed by atoms with Crippen molar-refractivity contribution >= 4 is 32.6 Å². The van der Waals surface area contributed by atoms with E-state index in [-0.39, 0.29) is 12.5 Å². The number of para-hydroxylation sites is 1. The van der Waals surface area contributed by atoms with Crippen LogP contribution in [0.1, 0.15) is 5.56 Å². The van der Waals surface area contributed by atoms with Crippen LogP contribution in [-0.2, 0) is 11.3 Å². The van der Waals surface area contributed by atoms with Crippen LogP contribution in [0.2, 0.25) is 0 Å². The van der Waals surface area contributed by atoms with Gasteiger partial charge in [-0.05, 0) is 41.1 Å². The first kappa shape index (κ1) is 17.3. The number of rotatable bonds is 6. The number of methoxy groups -OCH3 is 1. The van der Waals surface area contributed by atoms with Crippen molar-refractivity contribution in [2.45, 2.75) is 6.54 Å². The van der Waals surface area contributed by atoms with Gasteiger partial charge >= 0.3 is 0 Å².